The number of fused-ring (bicyclic) bond motifs is 5. The summed E-state index contributed by atoms with van der Waals surface area (Å²) in [5.41, 5.74) is 2.99. The van der Waals surface area contributed by atoms with Crippen LogP contribution >= 0.6 is 0 Å². The van der Waals surface area contributed by atoms with Crippen molar-refractivity contribution in [2.24, 2.45) is 46.3 Å². The highest BCUT2D eigenvalue weighted by Crippen LogP contribution is 2.68. The summed E-state index contributed by atoms with van der Waals surface area (Å²) in [4.78, 5) is 12.2. The summed E-state index contributed by atoms with van der Waals surface area (Å²) in [6.45, 7) is 10.0. The molecule has 0 saturated heterocycles. The van der Waals surface area contributed by atoms with Crippen molar-refractivity contribution in [2.45, 2.75) is 111 Å². The van der Waals surface area contributed by atoms with E-state index in [1.54, 1.807) is 18.4 Å². The Kier molecular flexibility index (Phi) is 7.71. The van der Waals surface area contributed by atoms with E-state index >= 15 is 0 Å². The van der Waals surface area contributed by atoms with Crippen LogP contribution in [0.2, 0.25) is 0 Å². The summed E-state index contributed by atoms with van der Waals surface area (Å²) in [6, 6.07) is 9.26. The fourth-order valence-corrected chi connectivity index (χ4v) is 10.0. The van der Waals surface area contributed by atoms with Crippen molar-refractivity contribution in [3.8, 4) is 0 Å². The number of carbonyl (C=O) groups excluding carboxylic acids is 1. The Labute approximate surface area is 220 Å². The second-order valence-electron chi connectivity index (χ2n) is 13.7. The van der Waals surface area contributed by atoms with Crippen LogP contribution in [0.1, 0.15) is 122 Å². The molecule has 5 rings (SSSR count). The Balaban J connectivity index is 1.14. The lowest BCUT2D eigenvalue weighted by Gasteiger charge is -2.61. The first-order valence-corrected chi connectivity index (χ1v) is 15.2. The molecule has 0 N–H and O–H groups in total. The summed E-state index contributed by atoms with van der Waals surface area (Å²) in [5.74, 6) is 5.43. The van der Waals surface area contributed by atoms with Gasteiger partial charge >= 0.3 is 5.97 Å². The molecule has 4 aliphatic rings. The van der Waals surface area contributed by atoms with E-state index in [9.17, 15) is 4.79 Å². The number of carbonyl (C=O) groups is 1. The Morgan fingerprint density at radius 1 is 0.972 bits per heavy atom. The molecule has 0 radical (unpaired) electrons. The molecule has 1 aromatic carbocycles. The molecule has 0 spiro atoms. The monoisotopic (exact) mass is 490 g/mol. The first-order chi connectivity index (χ1) is 17.3. The molecule has 2 heteroatoms. The Bertz CT molecular complexity index is 934. The molecule has 8 atom stereocenters. The largest absolute Gasteiger partial charge is 0.431 e. The van der Waals surface area contributed by atoms with Gasteiger partial charge in [-0.3, -0.25) is 0 Å². The lowest BCUT2D eigenvalue weighted by atomic mass is 9.44. The minimum absolute atomic E-state index is 0.264. The quantitative estimate of drug-likeness (QED) is 0.281. The second kappa shape index (κ2) is 10.7. The van der Waals surface area contributed by atoms with Crippen LogP contribution in [0.4, 0.5) is 0 Å². The highest BCUT2D eigenvalue weighted by atomic mass is 16.5. The fourth-order valence-electron chi connectivity index (χ4n) is 10.0. The standard InChI is InChI=1S/C34H50O2/c1-24(23-36-32(35)26-13-6-5-7-14-26)11-10-12-25(2)29-18-19-30-28-17-16-27-15-8-9-21-33(27,3)31(28)20-22-34(29,30)4/h5-7,13-14,23,25,27-31H,8-12,15-22H2,1-4H3/t25-,27?,28+,29-,30+,31+,33+,34-/m1/s1. The van der Waals surface area contributed by atoms with Crippen LogP contribution in [0.3, 0.4) is 0 Å². The SMILES string of the molecule is CC(=COC(=O)c1ccccc1)CCC[C@@H](C)[C@H]1CC[C@H]2[C@@H]3CCC4CCCC[C@]4(C)[C@H]3CC[C@]12C. The maximum atomic E-state index is 12.2. The molecule has 1 unspecified atom stereocenters. The third kappa shape index (κ3) is 4.83. The smallest absolute Gasteiger partial charge is 0.342 e. The third-order valence-corrected chi connectivity index (χ3v) is 12.0. The van der Waals surface area contributed by atoms with E-state index in [0.717, 1.165) is 41.9 Å². The van der Waals surface area contributed by atoms with Crippen LogP contribution in [0.25, 0.3) is 0 Å². The van der Waals surface area contributed by atoms with Gasteiger partial charge in [0.15, 0.2) is 0 Å². The predicted molar refractivity (Wildman–Crippen MR) is 148 cm³/mol. The van der Waals surface area contributed by atoms with Crippen molar-refractivity contribution in [3.05, 3.63) is 47.7 Å². The molecule has 4 fully saturated rings. The number of hydrogen-bond acceptors (Lipinski definition) is 2. The average Bonchev–Trinajstić information content (AvgIpc) is 3.24. The van der Waals surface area contributed by atoms with Crippen LogP contribution < -0.4 is 0 Å². The van der Waals surface area contributed by atoms with Crippen LogP contribution in [0, 0.1) is 46.3 Å². The molecule has 198 valence electrons. The number of hydrogen-bond donors (Lipinski definition) is 0. The highest BCUT2D eigenvalue weighted by Gasteiger charge is 2.60. The van der Waals surface area contributed by atoms with Gasteiger partial charge in [0.1, 0.15) is 0 Å². The molecule has 1 aromatic rings. The lowest BCUT2D eigenvalue weighted by molar-refractivity contribution is -0.114. The highest BCUT2D eigenvalue weighted by molar-refractivity contribution is 5.89. The van der Waals surface area contributed by atoms with Gasteiger partial charge in [-0.05, 0) is 135 Å². The van der Waals surface area contributed by atoms with Gasteiger partial charge in [-0.25, -0.2) is 4.79 Å². The van der Waals surface area contributed by atoms with E-state index in [1.165, 1.54) is 82.6 Å². The van der Waals surface area contributed by atoms with Gasteiger partial charge in [0.25, 0.3) is 0 Å². The van der Waals surface area contributed by atoms with Gasteiger partial charge < -0.3 is 4.74 Å². The Morgan fingerprint density at radius 3 is 2.56 bits per heavy atom. The second-order valence-corrected chi connectivity index (χ2v) is 13.7. The molecule has 0 aromatic heterocycles. The van der Waals surface area contributed by atoms with Crippen molar-refractivity contribution in [2.75, 3.05) is 0 Å². The van der Waals surface area contributed by atoms with Crippen molar-refractivity contribution >= 4 is 5.97 Å². The van der Waals surface area contributed by atoms with Crippen LogP contribution in [-0.2, 0) is 4.74 Å². The predicted octanol–water partition coefficient (Wildman–Crippen LogP) is 9.60. The Hall–Kier alpha value is -1.57. The van der Waals surface area contributed by atoms with Crippen molar-refractivity contribution < 1.29 is 9.53 Å². The third-order valence-electron chi connectivity index (χ3n) is 12.0. The van der Waals surface area contributed by atoms with Crippen molar-refractivity contribution in [3.63, 3.8) is 0 Å². The summed E-state index contributed by atoms with van der Waals surface area (Å²) >= 11 is 0. The Morgan fingerprint density at radius 2 is 1.75 bits per heavy atom. The maximum absolute atomic E-state index is 12.2. The molecular formula is C34H50O2. The fraction of sp³-hybridized carbons (Fsp3) is 0.735. The topological polar surface area (TPSA) is 26.3 Å². The van der Waals surface area contributed by atoms with Crippen LogP contribution in [0.15, 0.2) is 42.2 Å². The average molecular weight is 491 g/mol. The van der Waals surface area contributed by atoms with Crippen molar-refractivity contribution in [1.29, 1.82) is 0 Å². The minimum atomic E-state index is -0.264. The zero-order valence-corrected chi connectivity index (χ0v) is 23.4. The zero-order valence-electron chi connectivity index (χ0n) is 23.4. The van der Waals surface area contributed by atoms with Gasteiger partial charge in [0, 0.05) is 0 Å². The molecule has 0 bridgehead atoms. The number of esters is 1. The molecular weight excluding hydrogens is 440 g/mol. The number of allylic oxidation sites excluding steroid dienone is 1. The lowest BCUT2D eigenvalue weighted by Crippen LogP contribution is -2.53. The van der Waals surface area contributed by atoms with E-state index in [2.05, 4.69) is 27.7 Å². The summed E-state index contributed by atoms with van der Waals surface area (Å²) in [7, 11) is 0. The molecule has 4 saturated carbocycles. The van der Waals surface area contributed by atoms with Gasteiger partial charge in [-0.2, -0.15) is 0 Å². The molecule has 4 aliphatic carbocycles. The number of rotatable bonds is 7. The summed E-state index contributed by atoms with van der Waals surface area (Å²) in [6.07, 6.45) is 20.1. The first-order valence-electron chi connectivity index (χ1n) is 15.2. The van der Waals surface area contributed by atoms with E-state index in [0.29, 0.717) is 16.4 Å². The molecule has 0 amide bonds. The minimum Gasteiger partial charge on any atom is -0.431 e. The van der Waals surface area contributed by atoms with Gasteiger partial charge in [0.2, 0.25) is 0 Å². The molecule has 2 nitrogen and oxygen atoms in total. The first kappa shape index (κ1) is 26.1. The molecule has 36 heavy (non-hydrogen) atoms. The van der Waals surface area contributed by atoms with E-state index < -0.39 is 0 Å². The molecule has 0 heterocycles. The number of ether oxygens (including phenoxy) is 1. The maximum Gasteiger partial charge on any atom is 0.342 e. The normalized spacial score (nSPS) is 39.0. The zero-order chi connectivity index (χ0) is 25.3. The van der Waals surface area contributed by atoms with Crippen molar-refractivity contribution in [1.82, 2.24) is 0 Å². The van der Waals surface area contributed by atoms with Gasteiger partial charge in [-0.15, -0.1) is 0 Å². The van der Waals surface area contributed by atoms with Gasteiger partial charge in [-0.1, -0.05) is 58.2 Å². The number of benzene rings is 1. The van der Waals surface area contributed by atoms with E-state index in [4.69, 9.17) is 4.74 Å². The summed E-state index contributed by atoms with van der Waals surface area (Å²) < 4.78 is 5.43. The van der Waals surface area contributed by atoms with Crippen LogP contribution in [0.5, 0.6) is 0 Å². The van der Waals surface area contributed by atoms with Crippen LogP contribution in [-0.4, -0.2) is 5.97 Å². The molecule has 0 aliphatic heterocycles. The summed E-state index contributed by atoms with van der Waals surface area (Å²) in [5, 5.41) is 0. The van der Waals surface area contributed by atoms with E-state index in [1.807, 2.05) is 18.2 Å². The van der Waals surface area contributed by atoms with Gasteiger partial charge in [0.05, 0.1) is 11.8 Å². The van der Waals surface area contributed by atoms with E-state index in [-0.39, 0.29) is 5.97 Å².